The Morgan fingerprint density at radius 3 is 2.73 bits per heavy atom. The summed E-state index contributed by atoms with van der Waals surface area (Å²) in [5.74, 6) is 0. The van der Waals surface area contributed by atoms with Crippen molar-refractivity contribution in [3.8, 4) is 0 Å². The fraction of sp³-hybridized carbons (Fsp3) is 1.00. The Morgan fingerprint density at radius 1 is 1.36 bits per heavy atom. The Bertz CT molecular complexity index is 89.3. The van der Waals surface area contributed by atoms with E-state index in [1.165, 1.54) is 12.8 Å². The summed E-state index contributed by atoms with van der Waals surface area (Å²) in [7, 11) is 0. The van der Waals surface area contributed by atoms with Gasteiger partial charge in [0.05, 0.1) is 0 Å². The lowest BCUT2D eigenvalue weighted by Gasteiger charge is -2.27. The van der Waals surface area contributed by atoms with Gasteiger partial charge >= 0.3 is 0 Å². The van der Waals surface area contributed by atoms with Crippen molar-refractivity contribution in [1.82, 2.24) is 15.8 Å². The minimum atomic E-state index is 1.12. The van der Waals surface area contributed by atoms with Gasteiger partial charge in [-0.1, -0.05) is 13.3 Å². The van der Waals surface area contributed by atoms with E-state index in [2.05, 4.69) is 22.7 Å². The number of hydrogen-bond donors (Lipinski definition) is 2. The third-order valence-corrected chi connectivity index (χ3v) is 1.98. The summed E-state index contributed by atoms with van der Waals surface area (Å²) in [6, 6.07) is 0. The van der Waals surface area contributed by atoms with E-state index in [0.29, 0.717) is 0 Å². The highest BCUT2D eigenvalue weighted by molar-refractivity contribution is 4.63. The second kappa shape index (κ2) is 5.52. The number of hydrazine groups is 1. The van der Waals surface area contributed by atoms with Crippen LogP contribution in [0.25, 0.3) is 0 Å². The molecule has 1 fully saturated rings. The largest absolute Gasteiger partial charge is 0.314 e. The molecule has 0 atom stereocenters. The van der Waals surface area contributed by atoms with Crippen molar-refractivity contribution >= 4 is 0 Å². The smallest absolute Gasteiger partial charge is 0.0256 e. The zero-order valence-electron chi connectivity index (χ0n) is 7.40. The van der Waals surface area contributed by atoms with Gasteiger partial charge in [0.1, 0.15) is 0 Å². The van der Waals surface area contributed by atoms with Gasteiger partial charge in [-0.2, -0.15) is 0 Å². The predicted octanol–water partition coefficient (Wildman–Crippen LogP) is 0.196. The zero-order valence-corrected chi connectivity index (χ0v) is 7.40. The molecule has 11 heavy (non-hydrogen) atoms. The molecule has 2 N–H and O–H groups in total. The van der Waals surface area contributed by atoms with Crippen LogP contribution in [0.15, 0.2) is 0 Å². The summed E-state index contributed by atoms with van der Waals surface area (Å²) in [6.07, 6.45) is 2.56. The second-order valence-corrected chi connectivity index (χ2v) is 3.00. The van der Waals surface area contributed by atoms with Gasteiger partial charge < -0.3 is 5.32 Å². The van der Waals surface area contributed by atoms with E-state index >= 15 is 0 Å². The Labute approximate surface area is 69.1 Å². The highest BCUT2D eigenvalue weighted by Crippen LogP contribution is 1.88. The van der Waals surface area contributed by atoms with Crippen molar-refractivity contribution in [3.63, 3.8) is 0 Å². The van der Waals surface area contributed by atoms with Gasteiger partial charge in [0.15, 0.2) is 0 Å². The van der Waals surface area contributed by atoms with E-state index in [-0.39, 0.29) is 0 Å². The highest BCUT2D eigenvalue weighted by atomic mass is 15.5. The molecule has 0 radical (unpaired) electrons. The van der Waals surface area contributed by atoms with E-state index in [9.17, 15) is 0 Å². The van der Waals surface area contributed by atoms with Crippen LogP contribution in [0.5, 0.6) is 0 Å². The molecule has 0 aromatic carbocycles. The molecular formula is C8H19N3. The summed E-state index contributed by atoms with van der Waals surface area (Å²) in [4.78, 5) is 0. The molecular weight excluding hydrogens is 138 g/mol. The molecule has 3 nitrogen and oxygen atoms in total. The molecule has 0 aliphatic carbocycles. The van der Waals surface area contributed by atoms with Crippen LogP contribution in [0.2, 0.25) is 0 Å². The summed E-state index contributed by atoms with van der Waals surface area (Å²) in [5.41, 5.74) is 3.42. The summed E-state index contributed by atoms with van der Waals surface area (Å²) < 4.78 is 0. The molecule has 1 heterocycles. The molecule has 0 amide bonds. The summed E-state index contributed by atoms with van der Waals surface area (Å²) >= 11 is 0. The first kappa shape index (κ1) is 8.97. The molecule has 1 saturated heterocycles. The van der Waals surface area contributed by atoms with Crippen LogP contribution in [-0.2, 0) is 0 Å². The number of hydrogen-bond acceptors (Lipinski definition) is 3. The maximum atomic E-state index is 3.42. The minimum absolute atomic E-state index is 1.12. The molecule has 1 aliphatic heterocycles. The van der Waals surface area contributed by atoms with Gasteiger partial charge in [-0.15, -0.1) is 0 Å². The Morgan fingerprint density at radius 2 is 2.09 bits per heavy atom. The third-order valence-electron chi connectivity index (χ3n) is 1.98. The van der Waals surface area contributed by atoms with E-state index < -0.39 is 0 Å². The molecule has 3 heteroatoms. The first-order valence-electron chi connectivity index (χ1n) is 4.62. The van der Waals surface area contributed by atoms with Crippen molar-refractivity contribution in [1.29, 1.82) is 0 Å². The fourth-order valence-corrected chi connectivity index (χ4v) is 1.24. The molecule has 0 saturated carbocycles. The molecule has 66 valence electrons. The van der Waals surface area contributed by atoms with Crippen LogP contribution in [0.4, 0.5) is 0 Å². The van der Waals surface area contributed by atoms with E-state index in [4.69, 9.17) is 0 Å². The summed E-state index contributed by atoms with van der Waals surface area (Å²) in [6.45, 7) is 7.89. The quantitative estimate of drug-likeness (QED) is 0.571. The van der Waals surface area contributed by atoms with Crippen LogP contribution in [0, 0.1) is 0 Å². The Kier molecular flexibility index (Phi) is 4.50. The molecule has 0 unspecified atom stereocenters. The fourth-order valence-electron chi connectivity index (χ4n) is 1.24. The Balaban J connectivity index is 1.96. The number of unbranched alkanes of at least 4 members (excludes halogenated alkanes) is 1. The lowest BCUT2D eigenvalue weighted by molar-refractivity contribution is 0.164. The number of nitrogens with one attached hydrogen (secondary N) is 2. The van der Waals surface area contributed by atoms with Gasteiger partial charge in [0.25, 0.3) is 0 Å². The summed E-state index contributed by atoms with van der Waals surface area (Å²) in [5, 5.41) is 5.64. The van der Waals surface area contributed by atoms with E-state index in [1.807, 2.05) is 0 Å². The average molecular weight is 157 g/mol. The molecule has 1 aliphatic rings. The normalized spacial score (nSPS) is 20.5. The number of piperazine rings is 1. The second-order valence-electron chi connectivity index (χ2n) is 3.00. The SMILES string of the molecule is CCCCNN1CCNCC1. The maximum absolute atomic E-state index is 3.42. The van der Waals surface area contributed by atoms with Gasteiger partial charge in [0.2, 0.25) is 0 Å². The molecule has 0 bridgehead atoms. The molecule has 0 spiro atoms. The van der Waals surface area contributed by atoms with Gasteiger partial charge in [0, 0.05) is 32.7 Å². The van der Waals surface area contributed by atoms with Crippen LogP contribution in [-0.4, -0.2) is 37.7 Å². The standard InChI is InChI=1S/C8H19N3/c1-2-3-4-10-11-7-5-9-6-8-11/h9-10H,2-8H2,1H3. The van der Waals surface area contributed by atoms with E-state index in [0.717, 1.165) is 32.7 Å². The van der Waals surface area contributed by atoms with Crippen LogP contribution < -0.4 is 10.7 Å². The minimum Gasteiger partial charge on any atom is -0.314 e. The van der Waals surface area contributed by atoms with Crippen molar-refractivity contribution in [2.24, 2.45) is 0 Å². The van der Waals surface area contributed by atoms with Crippen LogP contribution in [0.1, 0.15) is 19.8 Å². The van der Waals surface area contributed by atoms with Crippen molar-refractivity contribution in [2.75, 3.05) is 32.7 Å². The third kappa shape index (κ3) is 3.70. The molecule has 0 aromatic rings. The van der Waals surface area contributed by atoms with Gasteiger partial charge in [-0.3, -0.25) is 5.43 Å². The average Bonchev–Trinajstić information content (AvgIpc) is 2.07. The van der Waals surface area contributed by atoms with Crippen LogP contribution in [0.3, 0.4) is 0 Å². The van der Waals surface area contributed by atoms with Gasteiger partial charge in [-0.25, -0.2) is 5.01 Å². The zero-order chi connectivity index (χ0) is 7.94. The molecule has 1 rings (SSSR count). The van der Waals surface area contributed by atoms with Crippen LogP contribution >= 0.6 is 0 Å². The lowest BCUT2D eigenvalue weighted by atomic mass is 10.3. The van der Waals surface area contributed by atoms with Crippen molar-refractivity contribution in [3.05, 3.63) is 0 Å². The monoisotopic (exact) mass is 157 g/mol. The van der Waals surface area contributed by atoms with Crippen molar-refractivity contribution < 1.29 is 0 Å². The predicted molar refractivity (Wildman–Crippen MR) is 47.4 cm³/mol. The first-order chi connectivity index (χ1) is 5.43. The van der Waals surface area contributed by atoms with Crippen molar-refractivity contribution in [2.45, 2.75) is 19.8 Å². The van der Waals surface area contributed by atoms with E-state index in [1.54, 1.807) is 0 Å². The highest BCUT2D eigenvalue weighted by Gasteiger charge is 2.06. The number of nitrogens with zero attached hydrogens (tertiary/aromatic N) is 1. The Hall–Kier alpha value is -0.120. The lowest BCUT2D eigenvalue weighted by Crippen LogP contribution is -2.50. The first-order valence-corrected chi connectivity index (χ1v) is 4.62. The molecule has 0 aromatic heterocycles. The number of rotatable bonds is 4. The topological polar surface area (TPSA) is 27.3 Å². The van der Waals surface area contributed by atoms with Gasteiger partial charge in [-0.05, 0) is 6.42 Å². The maximum Gasteiger partial charge on any atom is 0.0256 e.